The first-order valence-corrected chi connectivity index (χ1v) is 4.97. The molecule has 1 aromatic heterocycles. The van der Waals surface area contributed by atoms with E-state index in [1.165, 1.54) is 6.20 Å². The fraction of sp³-hybridized carbons (Fsp3) is 0.600. The Morgan fingerprint density at radius 2 is 2.13 bits per heavy atom. The molecule has 0 aromatic carbocycles. The Morgan fingerprint density at radius 3 is 2.73 bits per heavy atom. The van der Waals surface area contributed by atoms with Gasteiger partial charge in [0.25, 0.3) is 6.43 Å². The fourth-order valence-electron chi connectivity index (χ4n) is 1.44. The third kappa shape index (κ3) is 2.68. The summed E-state index contributed by atoms with van der Waals surface area (Å²) in [6.45, 7) is 0. The predicted octanol–water partition coefficient (Wildman–Crippen LogP) is 1.84. The molecule has 1 saturated carbocycles. The lowest BCUT2D eigenvalue weighted by Gasteiger charge is -2.07. The molecule has 2 rings (SSSR count). The van der Waals surface area contributed by atoms with Gasteiger partial charge in [0.2, 0.25) is 0 Å². The summed E-state index contributed by atoms with van der Waals surface area (Å²) in [4.78, 5) is 7.58. The zero-order valence-corrected chi connectivity index (χ0v) is 8.29. The molecule has 15 heavy (non-hydrogen) atoms. The van der Waals surface area contributed by atoms with Gasteiger partial charge in [0.05, 0.1) is 11.9 Å². The van der Waals surface area contributed by atoms with Crippen LogP contribution in [0.15, 0.2) is 12.4 Å². The molecular weight excluding hydrogens is 200 g/mol. The van der Waals surface area contributed by atoms with E-state index < -0.39 is 6.43 Å². The summed E-state index contributed by atoms with van der Waals surface area (Å²) in [5.41, 5.74) is 6.18. The SMILES string of the molecule is NC1(CCc2cncc(C(F)F)n2)CC1. The molecule has 0 saturated heterocycles. The van der Waals surface area contributed by atoms with Crippen LogP contribution in [0.1, 0.15) is 37.1 Å². The van der Waals surface area contributed by atoms with Crippen molar-refractivity contribution in [1.82, 2.24) is 9.97 Å². The Kier molecular flexibility index (Phi) is 2.65. The molecule has 3 nitrogen and oxygen atoms in total. The molecule has 1 aliphatic carbocycles. The molecule has 0 spiro atoms. The van der Waals surface area contributed by atoms with Crippen LogP contribution in [0, 0.1) is 0 Å². The normalized spacial score (nSPS) is 18.1. The fourth-order valence-corrected chi connectivity index (χ4v) is 1.44. The first kappa shape index (κ1) is 10.4. The summed E-state index contributed by atoms with van der Waals surface area (Å²) in [6, 6.07) is 0. The number of aromatic nitrogens is 2. The molecule has 82 valence electrons. The largest absolute Gasteiger partial charge is 0.325 e. The van der Waals surface area contributed by atoms with Crippen LogP contribution in [0.2, 0.25) is 0 Å². The van der Waals surface area contributed by atoms with Crippen molar-refractivity contribution in [3.63, 3.8) is 0 Å². The highest BCUT2D eigenvalue weighted by Crippen LogP contribution is 2.36. The van der Waals surface area contributed by atoms with Gasteiger partial charge in [0.1, 0.15) is 5.69 Å². The van der Waals surface area contributed by atoms with E-state index >= 15 is 0 Å². The molecular formula is C10H13F2N3. The summed E-state index contributed by atoms with van der Waals surface area (Å²) >= 11 is 0. The molecule has 0 atom stereocenters. The van der Waals surface area contributed by atoms with Crippen LogP contribution in [-0.4, -0.2) is 15.5 Å². The summed E-state index contributed by atoms with van der Waals surface area (Å²) in [7, 11) is 0. The topological polar surface area (TPSA) is 51.8 Å². The second-order valence-electron chi connectivity index (χ2n) is 4.10. The first-order valence-electron chi connectivity index (χ1n) is 4.97. The van der Waals surface area contributed by atoms with Crippen LogP contribution < -0.4 is 5.73 Å². The minimum absolute atomic E-state index is 0.0669. The number of alkyl halides is 2. The van der Waals surface area contributed by atoms with E-state index in [-0.39, 0.29) is 11.2 Å². The third-order valence-electron chi connectivity index (χ3n) is 2.70. The van der Waals surface area contributed by atoms with E-state index in [1.807, 2.05) is 0 Å². The van der Waals surface area contributed by atoms with Crippen molar-refractivity contribution in [1.29, 1.82) is 0 Å². The van der Waals surface area contributed by atoms with Crippen molar-refractivity contribution in [2.24, 2.45) is 5.73 Å². The maximum atomic E-state index is 12.3. The van der Waals surface area contributed by atoms with Crippen molar-refractivity contribution >= 4 is 0 Å². The third-order valence-corrected chi connectivity index (χ3v) is 2.70. The quantitative estimate of drug-likeness (QED) is 0.830. The molecule has 0 radical (unpaired) electrons. The lowest BCUT2D eigenvalue weighted by atomic mass is 10.1. The molecule has 1 fully saturated rings. The molecule has 2 N–H and O–H groups in total. The molecule has 5 heteroatoms. The number of rotatable bonds is 4. The standard InChI is InChI=1S/C10H13F2N3/c11-9(12)8-6-14-5-7(15-8)1-2-10(13)3-4-10/h5-6,9H,1-4,13H2. The minimum Gasteiger partial charge on any atom is -0.325 e. The monoisotopic (exact) mass is 213 g/mol. The van der Waals surface area contributed by atoms with Crippen molar-refractivity contribution in [2.45, 2.75) is 37.6 Å². The number of aryl methyl sites for hydroxylation is 1. The van der Waals surface area contributed by atoms with E-state index in [1.54, 1.807) is 0 Å². The highest BCUT2D eigenvalue weighted by atomic mass is 19.3. The molecule has 0 bridgehead atoms. The van der Waals surface area contributed by atoms with E-state index in [4.69, 9.17) is 5.73 Å². The van der Waals surface area contributed by atoms with E-state index in [2.05, 4.69) is 9.97 Å². The second kappa shape index (κ2) is 3.81. The maximum Gasteiger partial charge on any atom is 0.281 e. The Hall–Kier alpha value is -1.10. The molecule has 1 heterocycles. The van der Waals surface area contributed by atoms with Gasteiger partial charge in [-0.25, -0.2) is 13.8 Å². The van der Waals surface area contributed by atoms with Crippen LogP contribution in [0.4, 0.5) is 8.78 Å². The lowest BCUT2D eigenvalue weighted by molar-refractivity contribution is 0.145. The van der Waals surface area contributed by atoms with E-state index in [9.17, 15) is 8.78 Å². The zero-order valence-electron chi connectivity index (χ0n) is 8.29. The molecule has 1 aromatic rings. The highest BCUT2D eigenvalue weighted by molar-refractivity contribution is 5.07. The zero-order chi connectivity index (χ0) is 10.9. The predicted molar refractivity (Wildman–Crippen MR) is 51.5 cm³/mol. The van der Waals surface area contributed by atoms with Crippen molar-refractivity contribution < 1.29 is 8.78 Å². The lowest BCUT2D eigenvalue weighted by Crippen LogP contribution is -2.22. The van der Waals surface area contributed by atoms with Gasteiger partial charge in [-0.15, -0.1) is 0 Å². The van der Waals surface area contributed by atoms with E-state index in [0.717, 1.165) is 25.5 Å². The van der Waals surface area contributed by atoms with Gasteiger partial charge >= 0.3 is 0 Å². The average molecular weight is 213 g/mol. The Bertz CT molecular complexity index is 350. The van der Waals surface area contributed by atoms with Gasteiger partial charge in [-0.2, -0.15) is 0 Å². The second-order valence-corrected chi connectivity index (χ2v) is 4.10. The van der Waals surface area contributed by atoms with Gasteiger partial charge < -0.3 is 5.73 Å². The Morgan fingerprint density at radius 1 is 1.40 bits per heavy atom. The first-order chi connectivity index (χ1) is 7.09. The van der Waals surface area contributed by atoms with Crippen LogP contribution >= 0.6 is 0 Å². The van der Waals surface area contributed by atoms with Crippen molar-refractivity contribution in [3.05, 3.63) is 23.8 Å². The average Bonchev–Trinajstić information content (AvgIpc) is 2.95. The van der Waals surface area contributed by atoms with Gasteiger partial charge in [-0.3, -0.25) is 4.98 Å². The van der Waals surface area contributed by atoms with Crippen molar-refractivity contribution in [3.8, 4) is 0 Å². The van der Waals surface area contributed by atoms with Gasteiger partial charge in [0, 0.05) is 11.7 Å². The smallest absolute Gasteiger partial charge is 0.281 e. The van der Waals surface area contributed by atoms with Crippen LogP contribution in [0.5, 0.6) is 0 Å². The Labute approximate surface area is 86.7 Å². The number of nitrogens with zero attached hydrogens (tertiary/aromatic N) is 2. The minimum atomic E-state index is -2.55. The van der Waals surface area contributed by atoms with Gasteiger partial charge in [0.15, 0.2) is 0 Å². The van der Waals surface area contributed by atoms with Crippen LogP contribution in [-0.2, 0) is 6.42 Å². The van der Waals surface area contributed by atoms with Crippen LogP contribution in [0.3, 0.4) is 0 Å². The number of nitrogens with two attached hydrogens (primary N) is 1. The number of hydrogen-bond donors (Lipinski definition) is 1. The number of halogens is 2. The summed E-state index contributed by atoms with van der Waals surface area (Å²) in [5, 5.41) is 0. The molecule has 1 aliphatic rings. The van der Waals surface area contributed by atoms with Gasteiger partial charge in [-0.1, -0.05) is 0 Å². The number of hydrogen-bond acceptors (Lipinski definition) is 3. The van der Waals surface area contributed by atoms with E-state index in [0.29, 0.717) is 12.1 Å². The highest BCUT2D eigenvalue weighted by Gasteiger charge is 2.37. The summed E-state index contributed by atoms with van der Waals surface area (Å²) < 4.78 is 24.6. The summed E-state index contributed by atoms with van der Waals surface area (Å²) in [5.74, 6) is 0. The molecule has 0 aliphatic heterocycles. The Balaban J connectivity index is 1.98. The van der Waals surface area contributed by atoms with Crippen LogP contribution in [0.25, 0.3) is 0 Å². The molecule has 0 amide bonds. The summed E-state index contributed by atoms with van der Waals surface area (Å²) in [6.07, 6.45) is 3.55. The molecule has 0 unspecified atom stereocenters. The maximum absolute atomic E-state index is 12.3. The van der Waals surface area contributed by atoms with Crippen molar-refractivity contribution in [2.75, 3.05) is 0 Å². The van der Waals surface area contributed by atoms with Gasteiger partial charge in [-0.05, 0) is 25.7 Å².